The molecule has 0 amide bonds. The van der Waals surface area contributed by atoms with Crippen molar-refractivity contribution >= 4 is 21.6 Å². The number of hydrogen-bond donors (Lipinski definition) is 1. The van der Waals surface area contributed by atoms with Gasteiger partial charge < -0.3 is 14.6 Å². The quantitative estimate of drug-likeness (QED) is 0.225. The van der Waals surface area contributed by atoms with Crippen molar-refractivity contribution in [2.75, 3.05) is 32.8 Å². The van der Waals surface area contributed by atoms with Gasteiger partial charge in [-0.25, -0.2) is 8.42 Å². The molecule has 17 heteroatoms. The largest absolute Gasteiger partial charge is 0.481 e. The van der Waals surface area contributed by atoms with Crippen LogP contribution in [0.4, 0.5) is 13.2 Å². The van der Waals surface area contributed by atoms with E-state index in [1.54, 1.807) is 39.1 Å². The van der Waals surface area contributed by atoms with Crippen LogP contribution >= 0.6 is 0 Å². The predicted octanol–water partition coefficient (Wildman–Crippen LogP) is 5.30. The number of carboxylic acid groups (broad SMARTS) is 1. The highest BCUT2D eigenvalue weighted by Crippen LogP contribution is 2.48. The number of rotatable bonds is 10. The number of fused-ring (bicyclic) bond motifs is 2. The average Bonchev–Trinajstić information content (AvgIpc) is 3.43. The van der Waals surface area contributed by atoms with Gasteiger partial charge in [0.05, 0.1) is 12.0 Å². The number of ether oxygens (including phenoxy) is 2. The van der Waals surface area contributed by atoms with Crippen LogP contribution in [0.3, 0.4) is 0 Å². The zero-order chi connectivity index (χ0) is 38.1. The molecule has 0 unspecified atom stereocenters. The highest BCUT2D eigenvalue weighted by molar-refractivity contribution is 7.89. The molecule has 13 nitrogen and oxygen atoms in total. The molecule has 0 aromatic carbocycles. The van der Waals surface area contributed by atoms with Gasteiger partial charge in [-0.2, -0.15) is 22.5 Å². The monoisotopic (exact) mass is 757 g/mol. The van der Waals surface area contributed by atoms with Crippen molar-refractivity contribution in [3.8, 4) is 11.8 Å². The van der Waals surface area contributed by atoms with Gasteiger partial charge in [-0.05, 0) is 114 Å². The number of aryl methyl sites for hydroxylation is 3. The van der Waals surface area contributed by atoms with Gasteiger partial charge in [0.15, 0.2) is 5.65 Å². The van der Waals surface area contributed by atoms with E-state index >= 15 is 0 Å². The fraction of sp³-hybridized carbons (Fsp3) is 0.528. The van der Waals surface area contributed by atoms with E-state index in [0.29, 0.717) is 58.8 Å². The Balaban J connectivity index is 1.24. The number of aromatic nitrogens is 5. The molecular formula is C36H42F3N7O6S. The van der Waals surface area contributed by atoms with E-state index in [0.717, 1.165) is 36.9 Å². The van der Waals surface area contributed by atoms with Crippen LogP contribution in [0.15, 0.2) is 35.5 Å². The van der Waals surface area contributed by atoms with Gasteiger partial charge in [0.2, 0.25) is 27.6 Å². The van der Waals surface area contributed by atoms with E-state index in [1.807, 2.05) is 0 Å². The Kier molecular flexibility index (Phi) is 9.21. The van der Waals surface area contributed by atoms with Gasteiger partial charge in [0.1, 0.15) is 17.1 Å². The number of pyridine rings is 3. The molecular weight excluding hydrogens is 716 g/mol. The Labute approximate surface area is 305 Å². The molecule has 1 spiro atoms. The van der Waals surface area contributed by atoms with Crippen molar-refractivity contribution in [2.45, 2.75) is 89.4 Å². The van der Waals surface area contributed by atoms with Crippen LogP contribution in [0.5, 0.6) is 11.8 Å². The number of hydrogen-bond acceptors (Lipinski definition) is 10. The van der Waals surface area contributed by atoms with Crippen molar-refractivity contribution in [3.63, 3.8) is 0 Å². The molecule has 2 fully saturated rings. The summed E-state index contributed by atoms with van der Waals surface area (Å²) in [6.07, 6.45) is 1.58. The first-order valence-electron chi connectivity index (χ1n) is 17.6. The third kappa shape index (κ3) is 6.82. The Bertz CT molecular complexity index is 2200. The molecule has 4 aromatic rings. The van der Waals surface area contributed by atoms with E-state index in [2.05, 4.69) is 25.1 Å². The van der Waals surface area contributed by atoms with E-state index < -0.39 is 44.9 Å². The summed E-state index contributed by atoms with van der Waals surface area (Å²) in [4.78, 5) is 24.2. The van der Waals surface area contributed by atoms with Crippen LogP contribution in [0.25, 0.3) is 5.65 Å². The fourth-order valence-corrected chi connectivity index (χ4v) is 8.93. The van der Waals surface area contributed by atoms with Crippen LogP contribution in [0, 0.1) is 26.2 Å². The molecule has 1 saturated heterocycles. The Morgan fingerprint density at radius 3 is 2.47 bits per heavy atom. The van der Waals surface area contributed by atoms with Crippen molar-refractivity contribution in [1.82, 2.24) is 33.8 Å². The van der Waals surface area contributed by atoms with Crippen LogP contribution < -0.4 is 9.47 Å². The first-order valence-corrected chi connectivity index (χ1v) is 19.0. The zero-order valence-electron chi connectivity index (χ0n) is 30.2. The molecule has 0 radical (unpaired) electrons. The number of carboxylic acids is 1. The lowest BCUT2D eigenvalue weighted by Gasteiger charge is -2.32. The molecule has 4 aromatic heterocycles. The van der Waals surface area contributed by atoms with Crippen molar-refractivity contribution < 1.29 is 41.0 Å². The van der Waals surface area contributed by atoms with Gasteiger partial charge in [0.25, 0.3) is 0 Å². The average molecular weight is 758 g/mol. The summed E-state index contributed by atoms with van der Waals surface area (Å²) in [5.41, 5.74) is 0.485. The number of halogens is 3. The smallest absolute Gasteiger partial charge is 0.452 e. The third-order valence-corrected chi connectivity index (χ3v) is 12.5. The minimum absolute atomic E-state index is 0.00946. The normalized spacial score (nSPS) is 19.2. The number of alkyl halides is 3. The van der Waals surface area contributed by atoms with Crippen molar-refractivity contribution in [1.29, 1.82) is 0 Å². The van der Waals surface area contributed by atoms with E-state index in [4.69, 9.17) is 9.47 Å². The molecule has 2 aliphatic heterocycles. The molecule has 0 bridgehead atoms. The number of likely N-dealkylation sites (tertiary alicyclic amines) is 1. The van der Waals surface area contributed by atoms with Crippen LogP contribution in [0.2, 0.25) is 0 Å². The minimum atomic E-state index is -4.75. The van der Waals surface area contributed by atoms with Gasteiger partial charge in [-0.3, -0.25) is 19.1 Å². The molecule has 7 rings (SSSR count). The lowest BCUT2D eigenvalue weighted by molar-refractivity contribution is -0.147. The first kappa shape index (κ1) is 37.0. The Morgan fingerprint density at radius 2 is 1.81 bits per heavy atom. The molecule has 1 saturated carbocycles. The second-order valence-corrected chi connectivity index (χ2v) is 16.9. The highest BCUT2D eigenvalue weighted by Gasteiger charge is 2.53. The second-order valence-electron chi connectivity index (χ2n) is 15.0. The lowest BCUT2D eigenvalue weighted by atomic mass is 9.71. The predicted molar refractivity (Wildman–Crippen MR) is 185 cm³/mol. The maximum atomic E-state index is 14.4. The van der Waals surface area contributed by atoms with E-state index in [1.165, 1.54) is 30.4 Å². The minimum Gasteiger partial charge on any atom is -0.481 e. The van der Waals surface area contributed by atoms with E-state index in [9.17, 15) is 31.5 Å². The Hall–Kier alpha value is -4.35. The van der Waals surface area contributed by atoms with Crippen LogP contribution in [0.1, 0.15) is 84.8 Å². The highest BCUT2D eigenvalue weighted by atomic mass is 32.2. The number of nitrogens with zero attached hydrogens (tertiary/aromatic N) is 7. The van der Waals surface area contributed by atoms with Crippen LogP contribution in [-0.4, -0.2) is 91.7 Å². The number of carbonyl (C=O) groups is 1. The first-order chi connectivity index (χ1) is 24.9. The fourth-order valence-electron chi connectivity index (χ4n) is 7.31. The van der Waals surface area contributed by atoms with Gasteiger partial charge in [-0.15, -0.1) is 10.2 Å². The summed E-state index contributed by atoms with van der Waals surface area (Å²) in [6, 6.07) is 4.66. The maximum absolute atomic E-state index is 14.4. The number of aliphatic carboxylic acids is 1. The molecule has 1 aliphatic carbocycles. The standard InChI is InChI=1S/C36H42F3N7O6S/c1-21-16-27-31(41-30(21)51-15-14-44-11-6-7-12-44)52-35(9-10-35)20-45(53(27,49)50)19-24-17-26(40-18-22(24)2)28(34(4,5)33(47)48)25-8-13-46-29(23(25)3)42-43-32(46)36(37,38)39/h8,13,16-18,28H,6-7,9-12,14-15,19-20H2,1-5H3,(H,47,48)/t28-/m1/s1. The van der Waals surface area contributed by atoms with Crippen molar-refractivity contribution in [2.24, 2.45) is 5.41 Å². The van der Waals surface area contributed by atoms with Gasteiger partial charge in [-0.1, -0.05) is 0 Å². The van der Waals surface area contributed by atoms with Gasteiger partial charge in [0, 0.05) is 42.7 Å². The maximum Gasteiger partial charge on any atom is 0.452 e. The molecule has 1 atom stereocenters. The molecule has 6 heterocycles. The Morgan fingerprint density at radius 1 is 1.09 bits per heavy atom. The SMILES string of the molecule is Cc1cnc([C@@H](c2ccn3c(C(F)(F)F)nnc3c2C)C(C)(C)C(=O)O)cc1CN1CC2(CC2)Oc2nc(OCCN3CCCC3)c(C)cc2S1(=O)=O. The third-order valence-electron chi connectivity index (χ3n) is 10.7. The summed E-state index contributed by atoms with van der Waals surface area (Å²) in [5.74, 6) is -2.99. The zero-order valence-corrected chi connectivity index (χ0v) is 31.0. The summed E-state index contributed by atoms with van der Waals surface area (Å²) in [6.45, 7) is 11.4. The summed E-state index contributed by atoms with van der Waals surface area (Å²) >= 11 is 0. The molecule has 53 heavy (non-hydrogen) atoms. The summed E-state index contributed by atoms with van der Waals surface area (Å²) in [5, 5.41) is 17.5. The molecule has 284 valence electrons. The van der Waals surface area contributed by atoms with Gasteiger partial charge >= 0.3 is 12.1 Å². The summed E-state index contributed by atoms with van der Waals surface area (Å²) < 4.78 is 84.3. The molecule has 3 aliphatic rings. The number of sulfonamides is 1. The topological polar surface area (TPSA) is 152 Å². The second kappa shape index (κ2) is 13.2. The van der Waals surface area contributed by atoms with Crippen molar-refractivity contribution in [3.05, 3.63) is 69.9 Å². The summed E-state index contributed by atoms with van der Waals surface area (Å²) in [7, 11) is -4.15. The van der Waals surface area contributed by atoms with Crippen LogP contribution in [-0.2, 0) is 27.5 Å². The lowest BCUT2D eigenvalue weighted by Crippen LogP contribution is -2.38. The molecule has 1 N–H and O–H groups in total. The van der Waals surface area contributed by atoms with E-state index in [-0.39, 0.29) is 29.5 Å².